The summed E-state index contributed by atoms with van der Waals surface area (Å²) in [5.74, 6) is -4.18. The van der Waals surface area contributed by atoms with Crippen LogP contribution in [-0.2, 0) is 24.0 Å². The fraction of sp³-hybridized carbons (Fsp3) is 0.783. The molecule has 12 nitrogen and oxygen atoms in total. The quantitative estimate of drug-likeness (QED) is 0.154. The number of carbonyl (C=O) groups excluding carboxylic acids is 5. The molecule has 0 aromatic carbocycles. The van der Waals surface area contributed by atoms with Crippen LogP contribution in [0.3, 0.4) is 0 Å². The topological polar surface area (TPSA) is 177 Å². The van der Waals surface area contributed by atoms with Crippen LogP contribution in [0.2, 0.25) is 0 Å². The molecule has 0 fully saturated rings. The Morgan fingerprint density at radius 1 is 0.857 bits per heavy atom. The molecule has 4 atom stereocenters. The van der Waals surface area contributed by atoms with Gasteiger partial charge < -0.3 is 40.8 Å². The number of carboxylic acids is 1. The van der Waals surface area contributed by atoms with Gasteiger partial charge in [0.2, 0.25) is 23.6 Å². The predicted molar refractivity (Wildman–Crippen MR) is 127 cm³/mol. The van der Waals surface area contributed by atoms with E-state index in [0.717, 1.165) is 0 Å². The Labute approximate surface area is 207 Å². The van der Waals surface area contributed by atoms with Gasteiger partial charge >= 0.3 is 0 Å². The van der Waals surface area contributed by atoms with E-state index in [-0.39, 0.29) is 31.2 Å². The van der Waals surface area contributed by atoms with Crippen LogP contribution in [0.4, 0.5) is 0 Å². The molecule has 0 aliphatic rings. The van der Waals surface area contributed by atoms with E-state index >= 15 is 0 Å². The minimum Gasteiger partial charge on any atom is -0.548 e. The summed E-state index contributed by atoms with van der Waals surface area (Å²) in [7, 11) is 5.64. The van der Waals surface area contributed by atoms with Crippen LogP contribution in [0.5, 0.6) is 0 Å². The van der Waals surface area contributed by atoms with Crippen molar-refractivity contribution in [1.29, 1.82) is 0 Å². The first-order valence-corrected chi connectivity index (χ1v) is 11.8. The Bertz CT molecular complexity index is 749. The van der Waals surface area contributed by atoms with Gasteiger partial charge in [0.05, 0.1) is 46.1 Å². The Hall–Kier alpha value is -2.73. The third-order valence-corrected chi connectivity index (χ3v) is 4.95. The maximum Gasteiger partial charge on any atom is 0.243 e. The van der Waals surface area contributed by atoms with Crippen LogP contribution in [-0.4, -0.2) is 97.6 Å². The SMILES string of the molecule is CC(C)C[C@H](NC(=O)[C@H](C)NC(=O)[C@@H](NC(=O)CNC(=O)CC(O)C[N+](C)(C)C)C(C)C)C(=O)[O-]. The second-order valence-electron chi connectivity index (χ2n) is 10.6. The molecule has 1 unspecified atom stereocenters. The second kappa shape index (κ2) is 14.6. The van der Waals surface area contributed by atoms with Crippen LogP contribution in [0.1, 0.15) is 47.5 Å². The Kier molecular flexibility index (Phi) is 13.5. The molecule has 0 aromatic rings. The number of aliphatic hydroxyl groups is 1. The molecule has 0 aliphatic carbocycles. The number of hydrogen-bond donors (Lipinski definition) is 5. The molecular formula is C23H43N5O7. The van der Waals surface area contributed by atoms with E-state index in [1.54, 1.807) is 27.7 Å². The smallest absolute Gasteiger partial charge is 0.243 e. The van der Waals surface area contributed by atoms with Crippen LogP contribution >= 0.6 is 0 Å². The molecule has 0 heterocycles. The van der Waals surface area contributed by atoms with Crippen molar-refractivity contribution in [2.24, 2.45) is 11.8 Å². The maximum atomic E-state index is 12.7. The first-order valence-electron chi connectivity index (χ1n) is 11.8. The molecule has 35 heavy (non-hydrogen) atoms. The van der Waals surface area contributed by atoms with Crippen molar-refractivity contribution in [1.82, 2.24) is 21.3 Å². The number of likely N-dealkylation sites (N-methyl/N-ethyl adjacent to an activating group) is 1. The number of nitrogens with zero attached hydrogens (tertiary/aromatic N) is 1. The normalized spacial score (nSPS) is 15.1. The van der Waals surface area contributed by atoms with E-state index < -0.39 is 53.8 Å². The van der Waals surface area contributed by atoms with E-state index in [0.29, 0.717) is 11.0 Å². The number of nitrogens with one attached hydrogen (secondary N) is 4. The number of amides is 4. The number of hydrogen-bond acceptors (Lipinski definition) is 7. The van der Waals surface area contributed by atoms with E-state index in [4.69, 9.17) is 0 Å². The van der Waals surface area contributed by atoms with Gasteiger partial charge in [-0.25, -0.2) is 0 Å². The zero-order valence-electron chi connectivity index (χ0n) is 22.1. The van der Waals surface area contributed by atoms with Crippen LogP contribution in [0.15, 0.2) is 0 Å². The molecule has 202 valence electrons. The third-order valence-electron chi connectivity index (χ3n) is 4.95. The largest absolute Gasteiger partial charge is 0.548 e. The average Bonchev–Trinajstić information content (AvgIpc) is 2.67. The van der Waals surface area contributed by atoms with E-state index in [9.17, 15) is 34.2 Å². The predicted octanol–water partition coefficient (Wildman–Crippen LogP) is -2.51. The summed E-state index contributed by atoms with van der Waals surface area (Å²) in [6.45, 7) is 8.38. The average molecular weight is 502 g/mol. The molecule has 0 aromatic heterocycles. The molecular weight excluding hydrogens is 458 g/mol. The van der Waals surface area contributed by atoms with Crippen molar-refractivity contribution in [3.63, 3.8) is 0 Å². The van der Waals surface area contributed by atoms with Gasteiger partial charge in [-0.05, 0) is 25.2 Å². The van der Waals surface area contributed by atoms with Gasteiger partial charge in [0.1, 0.15) is 24.7 Å². The lowest BCUT2D eigenvalue weighted by molar-refractivity contribution is -0.873. The van der Waals surface area contributed by atoms with E-state index in [2.05, 4.69) is 21.3 Å². The minimum atomic E-state index is -1.41. The lowest BCUT2D eigenvalue weighted by Gasteiger charge is -2.26. The van der Waals surface area contributed by atoms with Crippen molar-refractivity contribution in [3.8, 4) is 0 Å². The second-order valence-corrected chi connectivity index (χ2v) is 10.6. The number of aliphatic carboxylic acids is 1. The lowest BCUT2D eigenvalue weighted by Crippen LogP contribution is -2.57. The summed E-state index contributed by atoms with van der Waals surface area (Å²) in [4.78, 5) is 60.6. The Morgan fingerprint density at radius 3 is 1.89 bits per heavy atom. The zero-order valence-corrected chi connectivity index (χ0v) is 22.1. The molecule has 0 saturated carbocycles. The minimum absolute atomic E-state index is 0.00467. The summed E-state index contributed by atoms with van der Waals surface area (Å²) >= 11 is 0. The fourth-order valence-corrected chi connectivity index (χ4v) is 3.27. The van der Waals surface area contributed by atoms with Gasteiger partial charge in [0.25, 0.3) is 0 Å². The molecule has 0 saturated heterocycles. The van der Waals surface area contributed by atoms with Gasteiger partial charge in [0.15, 0.2) is 0 Å². The first kappa shape index (κ1) is 32.3. The molecule has 0 bridgehead atoms. The summed E-state index contributed by atoms with van der Waals surface area (Å²) in [5.41, 5.74) is 0. The monoisotopic (exact) mass is 501 g/mol. The van der Waals surface area contributed by atoms with Gasteiger partial charge in [-0.15, -0.1) is 0 Å². The third kappa shape index (κ3) is 14.3. The fourth-order valence-electron chi connectivity index (χ4n) is 3.27. The number of quaternary nitrogens is 1. The molecule has 0 rings (SSSR count). The molecule has 0 spiro atoms. The van der Waals surface area contributed by atoms with E-state index in [1.807, 2.05) is 21.1 Å². The highest BCUT2D eigenvalue weighted by molar-refractivity contribution is 5.94. The number of aliphatic hydroxyl groups excluding tert-OH is 1. The standard InChI is InChI=1S/C23H43N5O7/c1-13(2)9-17(23(34)35)26-21(32)15(5)25-22(33)20(14(3)4)27-19(31)11-24-18(30)10-16(29)12-28(6,7)8/h13-17,20,29H,9-12H2,1-8H3,(H4-,24,25,26,27,30,31,32,33,34,35)/t15-,16?,17-,20-/m0/s1. The van der Waals surface area contributed by atoms with Crippen LogP contribution in [0, 0.1) is 11.8 Å². The van der Waals surface area contributed by atoms with Gasteiger partial charge in [0, 0.05) is 0 Å². The highest BCUT2D eigenvalue weighted by Gasteiger charge is 2.28. The number of carboxylic acid groups (broad SMARTS) is 1. The van der Waals surface area contributed by atoms with Crippen molar-refractivity contribution in [2.75, 3.05) is 34.2 Å². The molecule has 0 radical (unpaired) electrons. The van der Waals surface area contributed by atoms with Gasteiger partial charge in [-0.2, -0.15) is 0 Å². The summed E-state index contributed by atoms with van der Waals surface area (Å²) in [6.07, 6.45) is -0.845. The van der Waals surface area contributed by atoms with Crippen LogP contribution in [0.25, 0.3) is 0 Å². The van der Waals surface area contributed by atoms with Crippen molar-refractivity contribution >= 4 is 29.6 Å². The summed E-state index contributed by atoms with van der Waals surface area (Å²) in [6, 6.07) is -3.24. The van der Waals surface area contributed by atoms with Crippen molar-refractivity contribution < 1.29 is 38.7 Å². The molecule has 12 heteroatoms. The highest BCUT2D eigenvalue weighted by Crippen LogP contribution is 2.06. The van der Waals surface area contributed by atoms with Gasteiger partial charge in [-0.1, -0.05) is 27.7 Å². The highest BCUT2D eigenvalue weighted by atomic mass is 16.4. The summed E-state index contributed by atoms with van der Waals surface area (Å²) < 4.78 is 0.474. The lowest BCUT2D eigenvalue weighted by atomic mass is 10.0. The van der Waals surface area contributed by atoms with Crippen LogP contribution < -0.4 is 26.4 Å². The molecule has 5 N–H and O–H groups in total. The molecule has 0 aliphatic heterocycles. The molecule has 4 amide bonds. The number of carbonyl (C=O) groups is 5. The Balaban J connectivity index is 4.83. The first-order chi connectivity index (χ1) is 15.9. The summed E-state index contributed by atoms with van der Waals surface area (Å²) in [5, 5.41) is 31.0. The zero-order chi connectivity index (χ0) is 27.5. The number of rotatable bonds is 15. The Morgan fingerprint density at radius 2 is 1.43 bits per heavy atom. The maximum absolute atomic E-state index is 12.7. The van der Waals surface area contributed by atoms with Gasteiger partial charge in [-0.3, -0.25) is 19.2 Å². The van der Waals surface area contributed by atoms with Crippen molar-refractivity contribution in [3.05, 3.63) is 0 Å². The van der Waals surface area contributed by atoms with Crippen molar-refractivity contribution in [2.45, 2.75) is 71.7 Å². The van der Waals surface area contributed by atoms with E-state index in [1.165, 1.54) is 6.92 Å².